The molecule has 2 heterocycles. The number of nitrogens with zero attached hydrogens (tertiary/aromatic N) is 3. The van der Waals surface area contributed by atoms with E-state index in [4.69, 9.17) is 19.4 Å². The minimum Gasteiger partial charge on any atom is -0.396 e. The van der Waals surface area contributed by atoms with Crippen molar-refractivity contribution in [3.8, 4) is 10.6 Å². The van der Waals surface area contributed by atoms with Gasteiger partial charge in [0.15, 0.2) is 0 Å². The fourth-order valence-electron chi connectivity index (χ4n) is 5.10. The van der Waals surface area contributed by atoms with Crippen molar-refractivity contribution in [3.63, 3.8) is 0 Å². The number of anilines is 2. The fourth-order valence-corrected chi connectivity index (χ4v) is 6.16. The summed E-state index contributed by atoms with van der Waals surface area (Å²) in [4.78, 5) is 14.2. The summed E-state index contributed by atoms with van der Waals surface area (Å²) >= 11 is 1.55. The van der Waals surface area contributed by atoms with Gasteiger partial charge in [-0.15, -0.1) is 17.9 Å². The average Bonchev–Trinajstić information content (AvgIpc) is 3.59. The van der Waals surface area contributed by atoms with Crippen LogP contribution < -0.4 is 10.6 Å². The smallest absolute Gasteiger partial charge is 0.274 e. The molecule has 1 aromatic carbocycles. The molecule has 11 heteroatoms. The monoisotopic (exact) mass is 595 g/mol. The Morgan fingerprint density at radius 1 is 1.21 bits per heavy atom. The molecule has 3 atom stereocenters. The summed E-state index contributed by atoms with van der Waals surface area (Å²) in [6.07, 6.45) is 7.70. The van der Waals surface area contributed by atoms with Crippen LogP contribution in [-0.4, -0.2) is 75.8 Å². The molecule has 2 aromatic heterocycles. The highest BCUT2D eigenvalue weighted by molar-refractivity contribution is 7.21. The van der Waals surface area contributed by atoms with Crippen molar-refractivity contribution >= 4 is 33.3 Å². The van der Waals surface area contributed by atoms with Crippen molar-refractivity contribution in [2.45, 2.75) is 57.6 Å². The average molecular weight is 596 g/mol. The van der Waals surface area contributed by atoms with Gasteiger partial charge in [0.25, 0.3) is 5.91 Å². The first-order valence-electron chi connectivity index (χ1n) is 14.1. The molecular weight excluding hydrogens is 554 g/mol. The summed E-state index contributed by atoms with van der Waals surface area (Å²) in [5.74, 6) is -1.73. The Kier molecular flexibility index (Phi) is 10.8. The predicted octanol–water partition coefficient (Wildman–Crippen LogP) is 4.80. The number of para-hydroxylation sites is 1. The zero-order valence-electron chi connectivity index (χ0n) is 24.6. The van der Waals surface area contributed by atoms with Crippen molar-refractivity contribution in [2.75, 3.05) is 38.1 Å². The standard InChI is InChI=1S/C31H41N5O5S/c1-6-9-22(18-40-4)15-23(14-19(2)41-5)31(38,39)36-30-32-20(3)27(29-34-25-10-7-8-11-26(25)42-29)28(35-30)33-24-13-12-21(16-24)17-37/h6-8,10-11,14-15,19,21,24,37-39H,1,9,12-13,16-18H2,2-5H3,(H2,32,33,35,36)/b22-15+,23-14+. The third kappa shape index (κ3) is 7.80. The van der Waals surface area contributed by atoms with Crippen molar-refractivity contribution in [1.82, 2.24) is 15.0 Å². The molecule has 0 radical (unpaired) electrons. The molecule has 4 rings (SSSR count). The molecule has 0 amide bonds. The lowest BCUT2D eigenvalue weighted by Crippen LogP contribution is -2.41. The number of aryl methyl sites for hydroxylation is 1. The summed E-state index contributed by atoms with van der Waals surface area (Å²) in [5.41, 5.74) is 3.21. The zero-order chi connectivity index (χ0) is 30.3. The number of rotatable bonds is 14. The SMILES string of the molecule is C=CC/C(=C\C(=C/C(C)OC)C(O)(O)Nc1nc(C)c(-c2nc3ccccc3s2)c(NC2CCC(CO)C2)n1)COC. The second-order valence-corrected chi connectivity index (χ2v) is 11.7. The third-order valence-corrected chi connectivity index (χ3v) is 8.36. The minimum absolute atomic E-state index is 0.0305. The number of allylic oxidation sites excluding steroid dienone is 1. The van der Waals surface area contributed by atoms with Crippen LogP contribution in [0.15, 0.2) is 60.2 Å². The van der Waals surface area contributed by atoms with E-state index in [-0.39, 0.29) is 36.7 Å². The molecule has 5 N–H and O–H groups in total. The maximum Gasteiger partial charge on any atom is 0.274 e. The van der Waals surface area contributed by atoms with Crippen molar-refractivity contribution in [3.05, 3.63) is 65.9 Å². The Morgan fingerprint density at radius 2 is 2.00 bits per heavy atom. The van der Waals surface area contributed by atoms with Crippen LogP contribution in [0.1, 0.15) is 38.3 Å². The molecule has 3 aromatic rings. The molecule has 10 nitrogen and oxygen atoms in total. The molecule has 226 valence electrons. The van der Waals surface area contributed by atoms with E-state index in [2.05, 4.69) is 22.2 Å². The Balaban J connectivity index is 1.75. The Hall–Kier alpha value is -3.19. The van der Waals surface area contributed by atoms with Crippen LogP contribution in [-0.2, 0) is 9.47 Å². The van der Waals surface area contributed by atoms with E-state index in [0.717, 1.165) is 45.6 Å². The molecule has 3 unspecified atom stereocenters. The maximum atomic E-state index is 11.3. The van der Waals surface area contributed by atoms with E-state index >= 15 is 0 Å². The predicted molar refractivity (Wildman–Crippen MR) is 167 cm³/mol. The number of hydrogen-bond donors (Lipinski definition) is 5. The molecule has 0 bridgehead atoms. The topological polar surface area (TPSA) is 142 Å². The van der Waals surface area contributed by atoms with Crippen LogP contribution >= 0.6 is 11.3 Å². The first-order chi connectivity index (χ1) is 20.2. The van der Waals surface area contributed by atoms with E-state index in [9.17, 15) is 15.3 Å². The number of thiazole rings is 1. The number of fused-ring (bicyclic) bond motifs is 1. The number of nitrogens with one attached hydrogen (secondary N) is 2. The van der Waals surface area contributed by atoms with E-state index in [1.54, 1.807) is 50.7 Å². The van der Waals surface area contributed by atoms with E-state index in [0.29, 0.717) is 17.9 Å². The van der Waals surface area contributed by atoms with E-state index in [1.807, 2.05) is 31.2 Å². The molecule has 0 spiro atoms. The highest BCUT2D eigenvalue weighted by Crippen LogP contribution is 2.38. The van der Waals surface area contributed by atoms with Gasteiger partial charge in [0, 0.05) is 32.4 Å². The second kappa shape index (κ2) is 14.3. The summed E-state index contributed by atoms with van der Waals surface area (Å²) < 4.78 is 11.7. The van der Waals surface area contributed by atoms with Crippen LogP contribution in [0.4, 0.5) is 11.8 Å². The van der Waals surface area contributed by atoms with Crippen LogP contribution in [0.3, 0.4) is 0 Å². The second-order valence-electron chi connectivity index (χ2n) is 10.6. The lowest BCUT2D eigenvalue weighted by atomic mass is 10.0. The summed E-state index contributed by atoms with van der Waals surface area (Å²) in [6, 6.07) is 8.02. The Bertz CT molecular complexity index is 1400. The van der Waals surface area contributed by atoms with Gasteiger partial charge < -0.3 is 30.1 Å². The minimum atomic E-state index is -2.54. The number of hydrogen-bond acceptors (Lipinski definition) is 11. The zero-order valence-corrected chi connectivity index (χ0v) is 25.4. The third-order valence-electron chi connectivity index (χ3n) is 7.31. The number of methoxy groups -OCH3 is 2. The number of aliphatic hydroxyl groups is 3. The van der Waals surface area contributed by atoms with Gasteiger partial charge in [-0.25, -0.2) is 9.97 Å². The molecule has 0 saturated heterocycles. The van der Waals surface area contributed by atoms with Crippen LogP contribution in [0, 0.1) is 12.8 Å². The van der Waals surface area contributed by atoms with Crippen molar-refractivity contribution in [1.29, 1.82) is 0 Å². The summed E-state index contributed by atoms with van der Waals surface area (Å²) in [6.45, 7) is 7.88. The van der Waals surface area contributed by atoms with Gasteiger partial charge in [-0.05, 0) is 69.2 Å². The molecule has 1 aliphatic carbocycles. The molecule has 42 heavy (non-hydrogen) atoms. The molecular formula is C31H41N5O5S. The first kappa shape index (κ1) is 31.7. The lowest BCUT2D eigenvalue weighted by Gasteiger charge is -2.27. The summed E-state index contributed by atoms with van der Waals surface area (Å²) in [7, 11) is 3.12. The molecule has 1 aliphatic rings. The molecule has 1 saturated carbocycles. The van der Waals surface area contributed by atoms with Gasteiger partial charge >= 0.3 is 0 Å². The lowest BCUT2D eigenvalue weighted by molar-refractivity contribution is -0.101. The number of aliphatic hydroxyl groups excluding tert-OH is 1. The van der Waals surface area contributed by atoms with Crippen LogP contribution in [0.5, 0.6) is 0 Å². The number of ether oxygens (including phenoxy) is 2. The molecule has 1 fully saturated rings. The fraction of sp³-hybridized carbons (Fsp3) is 0.452. The van der Waals surface area contributed by atoms with Gasteiger partial charge in [0.2, 0.25) is 5.95 Å². The molecule has 0 aliphatic heterocycles. The number of aromatic nitrogens is 3. The summed E-state index contributed by atoms with van der Waals surface area (Å²) in [5, 5.41) is 39.4. The van der Waals surface area contributed by atoms with Crippen molar-refractivity contribution in [2.24, 2.45) is 5.92 Å². The van der Waals surface area contributed by atoms with Crippen LogP contribution in [0.2, 0.25) is 0 Å². The van der Waals surface area contributed by atoms with Crippen LogP contribution in [0.25, 0.3) is 20.8 Å². The quantitative estimate of drug-likeness (QED) is 0.100. The maximum absolute atomic E-state index is 11.3. The normalized spacial score (nSPS) is 18.8. The van der Waals surface area contributed by atoms with Crippen molar-refractivity contribution < 1.29 is 24.8 Å². The van der Waals surface area contributed by atoms with Gasteiger partial charge in [-0.1, -0.05) is 24.3 Å². The Morgan fingerprint density at radius 3 is 2.67 bits per heavy atom. The highest BCUT2D eigenvalue weighted by Gasteiger charge is 2.31. The number of benzene rings is 1. The Labute approximate surface area is 250 Å². The van der Waals surface area contributed by atoms with Gasteiger partial charge in [0.1, 0.15) is 10.8 Å². The van der Waals surface area contributed by atoms with Gasteiger partial charge in [0.05, 0.1) is 34.2 Å². The largest absolute Gasteiger partial charge is 0.396 e. The van der Waals surface area contributed by atoms with E-state index in [1.165, 1.54) is 0 Å². The van der Waals surface area contributed by atoms with Gasteiger partial charge in [-0.3, -0.25) is 5.32 Å². The highest BCUT2D eigenvalue weighted by atomic mass is 32.1. The first-order valence-corrected chi connectivity index (χ1v) is 14.9. The van der Waals surface area contributed by atoms with E-state index < -0.39 is 12.0 Å². The van der Waals surface area contributed by atoms with Gasteiger partial charge in [-0.2, -0.15) is 4.98 Å².